The van der Waals surface area contributed by atoms with E-state index in [1.54, 1.807) is 0 Å². The number of nitrogens with zero attached hydrogens (tertiary/aromatic N) is 2. The van der Waals surface area contributed by atoms with Gasteiger partial charge in [-0.2, -0.15) is 0 Å². The lowest BCUT2D eigenvalue weighted by atomic mass is 10.1. The fourth-order valence-electron chi connectivity index (χ4n) is 4.70. The van der Waals surface area contributed by atoms with Crippen molar-refractivity contribution >= 4 is 22.3 Å². The van der Waals surface area contributed by atoms with Gasteiger partial charge in [0.25, 0.3) is 0 Å². The molecule has 0 saturated carbocycles. The molecule has 198 valence electrons. The first kappa shape index (κ1) is 25.1. The van der Waals surface area contributed by atoms with Crippen LogP contribution in [0.15, 0.2) is 102 Å². The molecule has 0 radical (unpaired) electrons. The van der Waals surface area contributed by atoms with Gasteiger partial charge in [-0.15, -0.1) is 0 Å². The molecule has 5 aromatic rings. The van der Waals surface area contributed by atoms with Crippen molar-refractivity contribution in [2.24, 2.45) is 0 Å². The average Bonchev–Trinajstić information content (AvgIpc) is 3.46. The smallest absolute Gasteiger partial charge is 0.134 e. The summed E-state index contributed by atoms with van der Waals surface area (Å²) in [5.41, 5.74) is 3.88. The minimum atomic E-state index is 0.708. The monoisotopic (exact) mass is 520 g/mol. The van der Waals surface area contributed by atoms with E-state index in [9.17, 15) is 0 Å². The predicted octanol–water partition coefficient (Wildman–Crippen LogP) is 6.45. The summed E-state index contributed by atoms with van der Waals surface area (Å²) in [5.74, 6) is 3.38. The first-order valence-electron chi connectivity index (χ1n) is 13.4. The summed E-state index contributed by atoms with van der Waals surface area (Å²) < 4.78 is 17.5. The lowest BCUT2D eigenvalue weighted by Gasteiger charge is -2.26. The van der Waals surface area contributed by atoms with Crippen LogP contribution in [-0.4, -0.2) is 49.3 Å². The molecule has 0 spiro atoms. The summed E-state index contributed by atoms with van der Waals surface area (Å²) in [7, 11) is 0. The number of furan rings is 1. The molecule has 2 aromatic heterocycles. The third-order valence-corrected chi connectivity index (χ3v) is 6.81. The van der Waals surface area contributed by atoms with Crippen molar-refractivity contribution in [2.75, 3.05) is 44.7 Å². The van der Waals surface area contributed by atoms with Crippen molar-refractivity contribution in [3.63, 3.8) is 0 Å². The van der Waals surface area contributed by atoms with E-state index in [0.29, 0.717) is 6.54 Å². The second-order valence-corrected chi connectivity index (χ2v) is 9.55. The fourth-order valence-corrected chi connectivity index (χ4v) is 4.70. The number of benzene rings is 3. The standard InChI is InChI=1S/C32H32N4O3/c1-2-4-26(5-3-1)38-27-9-7-25(8-10-27)35-30-14-15-34-31-22-24(6-12-29(30)31)32-13-11-28(39-32)23-33-16-17-36-18-20-37-21-19-36/h1-15,22,33H,16-21,23H2,(H,34,35). The van der Waals surface area contributed by atoms with Crippen molar-refractivity contribution in [1.29, 1.82) is 0 Å². The van der Waals surface area contributed by atoms with Gasteiger partial charge in [0.1, 0.15) is 23.0 Å². The van der Waals surface area contributed by atoms with E-state index in [4.69, 9.17) is 13.9 Å². The number of aromatic nitrogens is 1. The summed E-state index contributed by atoms with van der Waals surface area (Å²) in [6, 6.07) is 30.0. The van der Waals surface area contributed by atoms with Gasteiger partial charge < -0.3 is 24.5 Å². The normalized spacial score (nSPS) is 13.9. The van der Waals surface area contributed by atoms with Crippen LogP contribution in [0.4, 0.5) is 11.4 Å². The lowest BCUT2D eigenvalue weighted by Crippen LogP contribution is -2.40. The highest BCUT2D eigenvalue weighted by Crippen LogP contribution is 2.31. The molecule has 3 aromatic carbocycles. The molecule has 3 heterocycles. The number of pyridine rings is 1. The van der Waals surface area contributed by atoms with Gasteiger partial charge in [-0.1, -0.05) is 24.3 Å². The number of hydrogen-bond donors (Lipinski definition) is 2. The van der Waals surface area contributed by atoms with E-state index < -0.39 is 0 Å². The van der Waals surface area contributed by atoms with E-state index in [2.05, 4.69) is 38.7 Å². The molecular weight excluding hydrogens is 488 g/mol. The number of hydrogen-bond acceptors (Lipinski definition) is 7. The highest BCUT2D eigenvalue weighted by Gasteiger charge is 2.11. The molecule has 1 saturated heterocycles. The molecule has 1 aliphatic rings. The number of anilines is 2. The van der Waals surface area contributed by atoms with Gasteiger partial charge in [0.15, 0.2) is 0 Å². The quantitative estimate of drug-likeness (QED) is 0.205. The Kier molecular flexibility index (Phi) is 7.81. The molecule has 1 fully saturated rings. The lowest BCUT2D eigenvalue weighted by molar-refractivity contribution is 0.0383. The van der Waals surface area contributed by atoms with Gasteiger partial charge >= 0.3 is 0 Å². The van der Waals surface area contributed by atoms with E-state index in [0.717, 1.165) is 90.3 Å². The molecule has 7 heteroatoms. The third kappa shape index (κ3) is 6.46. The van der Waals surface area contributed by atoms with Gasteiger partial charge in [0.2, 0.25) is 0 Å². The molecular formula is C32H32N4O3. The highest BCUT2D eigenvalue weighted by molar-refractivity contribution is 5.94. The van der Waals surface area contributed by atoms with E-state index in [1.807, 2.05) is 79.0 Å². The minimum absolute atomic E-state index is 0.708. The minimum Gasteiger partial charge on any atom is -0.460 e. The maximum absolute atomic E-state index is 6.14. The molecule has 2 N–H and O–H groups in total. The number of ether oxygens (including phenoxy) is 2. The zero-order valence-corrected chi connectivity index (χ0v) is 21.8. The molecule has 7 nitrogen and oxygen atoms in total. The molecule has 0 unspecified atom stereocenters. The van der Waals surface area contributed by atoms with Crippen LogP contribution in [0.2, 0.25) is 0 Å². The van der Waals surface area contributed by atoms with Crippen LogP contribution in [0.5, 0.6) is 11.5 Å². The Balaban J connectivity index is 1.08. The Morgan fingerprint density at radius 3 is 2.51 bits per heavy atom. The van der Waals surface area contributed by atoms with Gasteiger partial charge in [-0.25, -0.2) is 0 Å². The Hall–Kier alpha value is -4.17. The summed E-state index contributed by atoms with van der Waals surface area (Å²) in [6.07, 6.45) is 1.83. The van der Waals surface area contributed by atoms with Gasteiger partial charge in [-0.05, 0) is 66.7 Å². The van der Waals surface area contributed by atoms with Crippen LogP contribution >= 0.6 is 0 Å². The van der Waals surface area contributed by atoms with Gasteiger partial charge in [-0.3, -0.25) is 9.88 Å². The molecule has 39 heavy (non-hydrogen) atoms. The van der Waals surface area contributed by atoms with Crippen molar-refractivity contribution in [1.82, 2.24) is 15.2 Å². The summed E-state index contributed by atoms with van der Waals surface area (Å²) in [5, 5.41) is 8.04. The number of para-hydroxylation sites is 1. The Morgan fingerprint density at radius 2 is 1.67 bits per heavy atom. The SMILES string of the molecule is c1ccc(Oc2ccc(Nc3ccnc4cc(-c5ccc(CNCCN6CCOCC6)o5)ccc34)cc2)cc1. The summed E-state index contributed by atoms with van der Waals surface area (Å²) in [6.45, 7) is 6.34. The van der Waals surface area contributed by atoms with E-state index >= 15 is 0 Å². The number of nitrogens with one attached hydrogen (secondary N) is 2. The predicted molar refractivity (Wildman–Crippen MR) is 155 cm³/mol. The molecule has 0 amide bonds. The number of fused-ring (bicyclic) bond motifs is 1. The van der Waals surface area contributed by atoms with E-state index in [-0.39, 0.29) is 0 Å². The second kappa shape index (κ2) is 12.1. The first-order chi connectivity index (χ1) is 19.3. The van der Waals surface area contributed by atoms with Crippen molar-refractivity contribution < 1.29 is 13.9 Å². The number of rotatable bonds is 10. The van der Waals surface area contributed by atoms with Gasteiger partial charge in [0, 0.05) is 54.7 Å². The average molecular weight is 521 g/mol. The molecule has 0 aliphatic carbocycles. The Bertz CT molecular complexity index is 1500. The zero-order valence-electron chi connectivity index (χ0n) is 21.8. The van der Waals surface area contributed by atoms with E-state index in [1.165, 1.54) is 0 Å². The maximum Gasteiger partial charge on any atom is 0.134 e. The van der Waals surface area contributed by atoms with Crippen LogP contribution < -0.4 is 15.4 Å². The van der Waals surface area contributed by atoms with Crippen LogP contribution in [0.1, 0.15) is 5.76 Å². The Morgan fingerprint density at radius 1 is 0.846 bits per heavy atom. The van der Waals surface area contributed by atoms with Crippen molar-refractivity contribution in [3.8, 4) is 22.8 Å². The first-order valence-corrected chi connectivity index (χ1v) is 13.4. The van der Waals surface area contributed by atoms with Gasteiger partial charge in [0.05, 0.1) is 25.3 Å². The van der Waals surface area contributed by atoms with Crippen LogP contribution in [0.25, 0.3) is 22.2 Å². The molecule has 1 aliphatic heterocycles. The fraction of sp³-hybridized carbons (Fsp3) is 0.219. The highest BCUT2D eigenvalue weighted by atomic mass is 16.5. The number of morpholine rings is 1. The summed E-state index contributed by atoms with van der Waals surface area (Å²) >= 11 is 0. The molecule has 0 atom stereocenters. The van der Waals surface area contributed by atoms with Crippen LogP contribution in [-0.2, 0) is 11.3 Å². The topological polar surface area (TPSA) is 71.8 Å². The summed E-state index contributed by atoms with van der Waals surface area (Å²) in [4.78, 5) is 7.04. The largest absolute Gasteiger partial charge is 0.460 e. The van der Waals surface area contributed by atoms with Crippen molar-refractivity contribution in [2.45, 2.75) is 6.54 Å². The van der Waals surface area contributed by atoms with Crippen LogP contribution in [0, 0.1) is 0 Å². The zero-order chi connectivity index (χ0) is 26.3. The maximum atomic E-state index is 6.14. The van der Waals surface area contributed by atoms with Crippen LogP contribution in [0.3, 0.4) is 0 Å². The molecule has 0 bridgehead atoms. The molecule has 6 rings (SSSR count). The second-order valence-electron chi connectivity index (χ2n) is 9.55. The Labute approximate surface area is 228 Å². The van der Waals surface area contributed by atoms with Crippen molar-refractivity contribution in [3.05, 3.63) is 103 Å². The third-order valence-electron chi connectivity index (χ3n) is 6.81.